The van der Waals surface area contributed by atoms with Crippen LogP contribution in [0.15, 0.2) is 94.4 Å². The predicted molar refractivity (Wildman–Crippen MR) is 115 cm³/mol. The Hall–Kier alpha value is -3.24. The monoisotopic (exact) mass is 382 g/mol. The Kier molecular flexibility index (Phi) is 4.06. The van der Waals surface area contributed by atoms with E-state index in [-0.39, 0.29) is 11.6 Å². The van der Waals surface area contributed by atoms with Gasteiger partial charge in [-0.05, 0) is 47.0 Å². The topological polar surface area (TPSA) is 34.4 Å². The second-order valence-electron chi connectivity index (χ2n) is 6.95. The zero-order valence-corrected chi connectivity index (χ0v) is 16.2. The van der Waals surface area contributed by atoms with E-state index in [1.165, 1.54) is 22.1 Å². The molecule has 0 radical (unpaired) electrons. The van der Waals surface area contributed by atoms with E-state index in [1.807, 2.05) is 43.3 Å². The van der Waals surface area contributed by atoms with Gasteiger partial charge in [-0.25, -0.2) is 4.99 Å². The number of nitrogens with zero attached hydrogens (tertiary/aromatic N) is 2. The number of hydrogen-bond donors (Lipinski definition) is 0. The molecule has 1 aliphatic rings. The van der Waals surface area contributed by atoms with Gasteiger partial charge in [0, 0.05) is 5.70 Å². The first kappa shape index (κ1) is 16.9. The Morgan fingerprint density at radius 2 is 1.71 bits per heavy atom. The molecule has 3 nitrogen and oxygen atoms in total. The molecular formula is C24H18N2OS. The van der Waals surface area contributed by atoms with Crippen molar-refractivity contribution in [2.24, 2.45) is 4.99 Å². The number of thiazole rings is 1. The molecule has 1 aromatic heterocycles. The predicted octanol–water partition coefficient (Wildman–Crippen LogP) is 4.02. The molecule has 28 heavy (non-hydrogen) atoms. The maximum Gasteiger partial charge on any atom is 0.271 e. The summed E-state index contributed by atoms with van der Waals surface area (Å²) < 4.78 is 2.51. The Balaban J connectivity index is 1.68. The van der Waals surface area contributed by atoms with E-state index in [2.05, 4.69) is 53.5 Å². The molecule has 3 aromatic carbocycles. The largest absolute Gasteiger partial charge is 0.272 e. The fourth-order valence-corrected chi connectivity index (χ4v) is 4.71. The fourth-order valence-electron chi connectivity index (χ4n) is 3.65. The van der Waals surface area contributed by atoms with Crippen LogP contribution < -0.4 is 14.9 Å². The number of fused-ring (bicyclic) bond motifs is 2. The minimum absolute atomic E-state index is 0.00881. The summed E-state index contributed by atoms with van der Waals surface area (Å²) in [5.41, 5.74) is 3.06. The summed E-state index contributed by atoms with van der Waals surface area (Å²) in [7, 11) is 0. The standard InChI is InChI=1S/C24H18N2OS/c1-16-13-21(19-8-3-2-4-9-19)26-23(27)22(28-24(26)25-16)15-17-11-12-18-7-5-6-10-20(18)14-17/h2-15,21H,1H3. The highest BCUT2D eigenvalue weighted by Crippen LogP contribution is 2.21. The molecule has 2 heterocycles. The van der Waals surface area contributed by atoms with E-state index in [9.17, 15) is 4.79 Å². The van der Waals surface area contributed by atoms with Crippen molar-refractivity contribution >= 4 is 28.2 Å². The van der Waals surface area contributed by atoms with Crippen molar-refractivity contribution in [2.45, 2.75) is 13.0 Å². The second kappa shape index (κ2) is 6.73. The van der Waals surface area contributed by atoms with Crippen molar-refractivity contribution in [2.75, 3.05) is 0 Å². The molecule has 1 unspecified atom stereocenters. The number of allylic oxidation sites excluding steroid dienone is 2. The number of benzene rings is 3. The SMILES string of the molecule is CC1=CC(c2ccccc2)n2c(sc(=Cc3ccc4ccccc4c3)c2=O)=N1. The van der Waals surface area contributed by atoms with E-state index in [4.69, 9.17) is 0 Å². The lowest BCUT2D eigenvalue weighted by molar-refractivity contribution is 0.631. The minimum Gasteiger partial charge on any atom is -0.272 e. The van der Waals surface area contributed by atoms with Gasteiger partial charge in [0.1, 0.15) is 0 Å². The van der Waals surface area contributed by atoms with Gasteiger partial charge in [-0.2, -0.15) is 0 Å². The second-order valence-corrected chi connectivity index (χ2v) is 7.96. The van der Waals surface area contributed by atoms with Crippen LogP contribution in [0.4, 0.5) is 0 Å². The number of aromatic nitrogens is 1. The normalized spacial score (nSPS) is 16.5. The zero-order valence-electron chi connectivity index (χ0n) is 15.4. The molecule has 4 aromatic rings. The third-order valence-electron chi connectivity index (χ3n) is 5.00. The lowest BCUT2D eigenvalue weighted by Crippen LogP contribution is -2.36. The number of hydrogen-bond acceptors (Lipinski definition) is 3. The summed E-state index contributed by atoms with van der Waals surface area (Å²) >= 11 is 1.45. The van der Waals surface area contributed by atoms with Crippen molar-refractivity contribution in [3.63, 3.8) is 0 Å². The van der Waals surface area contributed by atoms with Crippen molar-refractivity contribution in [3.8, 4) is 0 Å². The maximum absolute atomic E-state index is 13.2. The van der Waals surface area contributed by atoms with E-state index in [0.717, 1.165) is 21.6 Å². The lowest BCUT2D eigenvalue weighted by Gasteiger charge is -2.18. The Morgan fingerprint density at radius 3 is 2.54 bits per heavy atom. The molecule has 4 heteroatoms. The van der Waals surface area contributed by atoms with Gasteiger partial charge in [-0.1, -0.05) is 78.1 Å². The molecule has 136 valence electrons. The van der Waals surface area contributed by atoms with Crippen LogP contribution in [0.5, 0.6) is 0 Å². The van der Waals surface area contributed by atoms with Crippen molar-refractivity contribution in [1.82, 2.24) is 4.57 Å². The average molecular weight is 382 g/mol. The quantitative estimate of drug-likeness (QED) is 0.516. The summed E-state index contributed by atoms with van der Waals surface area (Å²) in [5, 5.41) is 2.36. The molecule has 0 fully saturated rings. The van der Waals surface area contributed by atoms with Crippen LogP contribution in [0.2, 0.25) is 0 Å². The van der Waals surface area contributed by atoms with Gasteiger partial charge in [0.05, 0.1) is 10.6 Å². The van der Waals surface area contributed by atoms with Gasteiger partial charge in [0.15, 0.2) is 4.80 Å². The van der Waals surface area contributed by atoms with Crippen LogP contribution in [0.25, 0.3) is 16.8 Å². The molecule has 0 N–H and O–H groups in total. The average Bonchev–Trinajstić information content (AvgIpc) is 3.03. The van der Waals surface area contributed by atoms with Crippen molar-refractivity contribution in [3.05, 3.63) is 115 Å². The first-order chi connectivity index (χ1) is 13.7. The molecular weight excluding hydrogens is 364 g/mol. The van der Waals surface area contributed by atoms with Crippen LogP contribution in [0.1, 0.15) is 24.1 Å². The first-order valence-electron chi connectivity index (χ1n) is 9.23. The summed E-state index contributed by atoms with van der Waals surface area (Å²) in [6.07, 6.45) is 4.02. The third-order valence-corrected chi connectivity index (χ3v) is 5.98. The molecule has 1 aliphatic heterocycles. The smallest absolute Gasteiger partial charge is 0.271 e. The summed E-state index contributed by atoms with van der Waals surface area (Å²) in [6, 6.07) is 24.5. The molecule has 0 spiro atoms. The molecule has 0 amide bonds. The molecule has 1 atom stereocenters. The summed E-state index contributed by atoms with van der Waals surface area (Å²) in [6.45, 7) is 1.98. The first-order valence-corrected chi connectivity index (χ1v) is 10.0. The van der Waals surface area contributed by atoms with E-state index in [1.54, 1.807) is 4.57 Å². The summed E-state index contributed by atoms with van der Waals surface area (Å²) in [5.74, 6) is 0. The van der Waals surface area contributed by atoms with E-state index >= 15 is 0 Å². The Labute approximate surface area is 166 Å². The minimum atomic E-state index is -0.115. The van der Waals surface area contributed by atoms with Gasteiger partial charge in [0.2, 0.25) is 0 Å². The summed E-state index contributed by atoms with van der Waals surface area (Å²) in [4.78, 5) is 18.6. The number of rotatable bonds is 2. The van der Waals surface area contributed by atoms with Gasteiger partial charge in [-0.15, -0.1) is 0 Å². The highest BCUT2D eigenvalue weighted by molar-refractivity contribution is 7.07. The van der Waals surface area contributed by atoms with Gasteiger partial charge in [-0.3, -0.25) is 9.36 Å². The van der Waals surface area contributed by atoms with Crippen LogP contribution in [-0.4, -0.2) is 4.57 Å². The maximum atomic E-state index is 13.2. The fraction of sp³-hybridized carbons (Fsp3) is 0.0833. The molecule has 5 rings (SSSR count). The zero-order chi connectivity index (χ0) is 19.1. The van der Waals surface area contributed by atoms with Crippen LogP contribution in [-0.2, 0) is 0 Å². The molecule has 0 saturated carbocycles. The van der Waals surface area contributed by atoms with E-state index < -0.39 is 0 Å². The molecule has 0 bridgehead atoms. The van der Waals surface area contributed by atoms with Gasteiger partial charge < -0.3 is 0 Å². The van der Waals surface area contributed by atoms with E-state index in [0.29, 0.717) is 4.53 Å². The van der Waals surface area contributed by atoms with Crippen molar-refractivity contribution < 1.29 is 0 Å². The third kappa shape index (κ3) is 2.92. The highest BCUT2D eigenvalue weighted by Gasteiger charge is 2.20. The Bertz CT molecular complexity index is 1390. The lowest BCUT2D eigenvalue weighted by atomic mass is 10.1. The van der Waals surface area contributed by atoms with Crippen LogP contribution >= 0.6 is 11.3 Å². The highest BCUT2D eigenvalue weighted by atomic mass is 32.1. The Morgan fingerprint density at radius 1 is 0.964 bits per heavy atom. The molecule has 0 saturated heterocycles. The van der Waals surface area contributed by atoms with Crippen LogP contribution in [0.3, 0.4) is 0 Å². The van der Waals surface area contributed by atoms with Crippen LogP contribution in [0, 0.1) is 0 Å². The van der Waals surface area contributed by atoms with Gasteiger partial charge >= 0.3 is 0 Å². The van der Waals surface area contributed by atoms with Gasteiger partial charge in [0.25, 0.3) is 5.56 Å². The van der Waals surface area contributed by atoms with Crippen molar-refractivity contribution in [1.29, 1.82) is 0 Å². The molecule has 0 aliphatic carbocycles.